The number of hydrogen-bond acceptors (Lipinski definition) is 5. The molecule has 2 rings (SSSR count). The van der Waals surface area contributed by atoms with Crippen LogP contribution in [0.15, 0.2) is 48.5 Å². The quantitative estimate of drug-likeness (QED) is 0.512. The fourth-order valence-electron chi connectivity index (χ4n) is 2.27. The maximum absolute atomic E-state index is 12.3. The van der Waals surface area contributed by atoms with Crippen LogP contribution in [-0.4, -0.2) is 38.0 Å². The van der Waals surface area contributed by atoms with Crippen LogP contribution in [0.3, 0.4) is 0 Å². The first-order valence-corrected chi connectivity index (χ1v) is 9.02. The molecule has 0 fully saturated rings. The molecule has 0 unspecified atom stereocenters. The number of ether oxygens (including phenoxy) is 2. The lowest BCUT2D eigenvalue weighted by molar-refractivity contribution is -0.139. The normalized spacial score (nSPS) is 10.1. The van der Waals surface area contributed by atoms with E-state index < -0.39 is 11.9 Å². The summed E-state index contributed by atoms with van der Waals surface area (Å²) in [6.45, 7) is 2.55. The number of rotatable bonds is 9. The largest absolute Gasteiger partial charge is 0.494 e. The molecule has 0 bridgehead atoms. The van der Waals surface area contributed by atoms with Gasteiger partial charge in [0.1, 0.15) is 12.3 Å². The van der Waals surface area contributed by atoms with E-state index in [4.69, 9.17) is 4.74 Å². The third-order valence-corrected chi connectivity index (χ3v) is 3.91. The van der Waals surface area contributed by atoms with Crippen molar-refractivity contribution in [2.24, 2.45) is 0 Å². The van der Waals surface area contributed by atoms with Crippen molar-refractivity contribution in [1.82, 2.24) is 5.32 Å². The van der Waals surface area contributed by atoms with Crippen LogP contribution in [0.2, 0.25) is 0 Å². The number of benzene rings is 2. The number of esters is 1. The van der Waals surface area contributed by atoms with Crippen LogP contribution in [-0.2, 0) is 9.53 Å². The highest BCUT2D eigenvalue weighted by Gasteiger charge is 2.10. The molecule has 0 atom stereocenters. The first kappa shape index (κ1) is 21.0. The molecular formula is C21H24N2O5. The number of methoxy groups -OCH3 is 1. The third kappa shape index (κ3) is 6.42. The number of unbranched alkanes of at least 4 members (excludes halogenated alkanes) is 1. The SMILES string of the molecule is CCCCOc1ccc(C(=O)Nc2ccc(C(=O)NCC(=O)OC)cc2)cc1. The minimum atomic E-state index is -0.529. The van der Waals surface area contributed by atoms with Gasteiger partial charge in [-0.2, -0.15) is 0 Å². The van der Waals surface area contributed by atoms with Crippen LogP contribution in [0.25, 0.3) is 0 Å². The first-order valence-electron chi connectivity index (χ1n) is 9.02. The fourth-order valence-corrected chi connectivity index (χ4v) is 2.27. The average Bonchev–Trinajstić information content (AvgIpc) is 2.73. The van der Waals surface area contributed by atoms with Gasteiger partial charge in [-0.15, -0.1) is 0 Å². The van der Waals surface area contributed by atoms with Crippen LogP contribution in [0, 0.1) is 0 Å². The molecule has 2 aromatic rings. The lowest BCUT2D eigenvalue weighted by atomic mass is 10.1. The van der Waals surface area contributed by atoms with E-state index in [-0.39, 0.29) is 12.5 Å². The van der Waals surface area contributed by atoms with Crippen molar-refractivity contribution >= 4 is 23.5 Å². The van der Waals surface area contributed by atoms with Gasteiger partial charge in [-0.3, -0.25) is 14.4 Å². The summed E-state index contributed by atoms with van der Waals surface area (Å²) in [5.41, 5.74) is 1.43. The number of carbonyl (C=O) groups is 3. The highest BCUT2D eigenvalue weighted by atomic mass is 16.5. The molecule has 7 heteroatoms. The van der Waals surface area contributed by atoms with E-state index in [1.54, 1.807) is 48.5 Å². The lowest BCUT2D eigenvalue weighted by Gasteiger charge is -2.08. The molecule has 0 radical (unpaired) electrons. The maximum Gasteiger partial charge on any atom is 0.325 e. The van der Waals surface area contributed by atoms with E-state index in [1.165, 1.54) is 7.11 Å². The Bertz CT molecular complexity index is 801. The van der Waals surface area contributed by atoms with Crippen molar-refractivity contribution in [2.75, 3.05) is 25.6 Å². The number of amides is 2. The topological polar surface area (TPSA) is 93.7 Å². The highest BCUT2D eigenvalue weighted by molar-refractivity contribution is 6.04. The van der Waals surface area contributed by atoms with E-state index in [0.29, 0.717) is 23.4 Å². The Balaban J connectivity index is 1.89. The summed E-state index contributed by atoms with van der Waals surface area (Å²) in [6.07, 6.45) is 2.05. The standard InChI is InChI=1S/C21H24N2O5/c1-3-4-13-28-18-11-7-16(8-12-18)21(26)23-17-9-5-15(6-10-17)20(25)22-14-19(24)27-2/h5-12H,3-4,13-14H2,1-2H3,(H,22,25)(H,23,26). The Hall–Kier alpha value is -3.35. The smallest absolute Gasteiger partial charge is 0.325 e. The molecule has 0 aliphatic carbocycles. The fraction of sp³-hybridized carbons (Fsp3) is 0.286. The van der Waals surface area contributed by atoms with Gasteiger partial charge in [0, 0.05) is 16.8 Å². The second kappa shape index (κ2) is 10.7. The van der Waals surface area contributed by atoms with Gasteiger partial charge in [-0.1, -0.05) is 13.3 Å². The second-order valence-corrected chi connectivity index (χ2v) is 6.02. The second-order valence-electron chi connectivity index (χ2n) is 6.02. The summed E-state index contributed by atoms with van der Waals surface area (Å²) >= 11 is 0. The van der Waals surface area contributed by atoms with Gasteiger partial charge in [-0.25, -0.2) is 0 Å². The molecule has 2 amide bonds. The van der Waals surface area contributed by atoms with Crippen LogP contribution in [0.4, 0.5) is 5.69 Å². The first-order chi connectivity index (χ1) is 13.5. The minimum Gasteiger partial charge on any atom is -0.494 e. The molecule has 2 N–H and O–H groups in total. The molecule has 28 heavy (non-hydrogen) atoms. The molecule has 0 aliphatic heterocycles. The zero-order valence-corrected chi connectivity index (χ0v) is 16.0. The van der Waals surface area contributed by atoms with Crippen molar-refractivity contribution in [3.8, 4) is 5.75 Å². The Kier molecular flexibility index (Phi) is 8.02. The summed E-state index contributed by atoms with van der Waals surface area (Å²) in [7, 11) is 1.25. The van der Waals surface area contributed by atoms with Gasteiger partial charge in [0.25, 0.3) is 11.8 Å². The number of carbonyl (C=O) groups excluding carboxylic acids is 3. The van der Waals surface area contributed by atoms with E-state index >= 15 is 0 Å². The molecular weight excluding hydrogens is 360 g/mol. The van der Waals surface area contributed by atoms with Gasteiger partial charge >= 0.3 is 5.97 Å². The zero-order valence-electron chi connectivity index (χ0n) is 16.0. The number of nitrogens with one attached hydrogen (secondary N) is 2. The van der Waals surface area contributed by atoms with E-state index in [2.05, 4.69) is 22.3 Å². The molecule has 0 aliphatic rings. The van der Waals surface area contributed by atoms with Crippen molar-refractivity contribution in [3.05, 3.63) is 59.7 Å². The van der Waals surface area contributed by atoms with Crippen molar-refractivity contribution in [3.63, 3.8) is 0 Å². The van der Waals surface area contributed by atoms with E-state index in [0.717, 1.165) is 18.6 Å². The molecule has 0 spiro atoms. The van der Waals surface area contributed by atoms with Gasteiger partial charge in [0.2, 0.25) is 0 Å². The molecule has 0 saturated heterocycles. The van der Waals surface area contributed by atoms with Crippen LogP contribution >= 0.6 is 0 Å². The summed E-state index contributed by atoms with van der Waals surface area (Å²) in [5.74, 6) is -0.462. The summed E-state index contributed by atoms with van der Waals surface area (Å²) in [6, 6.07) is 13.3. The minimum absolute atomic E-state index is 0.202. The highest BCUT2D eigenvalue weighted by Crippen LogP contribution is 2.15. The van der Waals surface area contributed by atoms with Gasteiger partial charge in [-0.05, 0) is 55.0 Å². The molecule has 0 heterocycles. The van der Waals surface area contributed by atoms with E-state index in [9.17, 15) is 14.4 Å². The van der Waals surface area contributed by atoms with Crippen molar-refractivity contribution < 1.29 is 23.9 Å². The Morgan fingerprint density at radius 3 is 2.11 bits per heavy atom. The van der Waals surface area contributed by atoms with Gasteiger partial charge in [0.05, 0.1) is 13.7 Å². The Labute approximate surface area is 164 Å². The number of hydrogen-bond donors (Lipinski definition) is 2. The molecule has 2 aromatic carbocycles. The van der Waals surface area contributed by atoms with Crippen molar-refractivity contribution in [2.45, 2.75) is 19.8 Å². The van der Waals surface area contributed by atoms with Gasteiger partial charge in [0.15, 0.2) is 0 Å². The van der Waals surface area contributed by atoms with Gasteiger partial charge < -0.3 is 20.1 Å². The van der Waals surface area contributed by atoms with Crippen LogP contribution in [0.5, 0.6) is 5.75 Å². The average molecular weight is 384 g/mol. The van der Waals surface area contributed by atoms with Crippen molar-refractivity contribution in [1.29, 1.82) is 0 Å². The Morgan fingerprint density at radius 2 is 1.50 bits per heavy atom. The predicted octanol–water partition coefficient (Wildman–Crippen LogP) is 3.02. The maximum atomic E-state index is 12.3. The van der Waals surface area contributed by atoms with Crippen LogP contribution in [0.1, 0.15) is 40.5 Å². The molecule has 148 valence electrons. The summed E-state index contributed by atoms with van der Waals surface area (Å²) < 4.78 is 10.0. The molecule has 7 nitrogen and oxygen atoms in total. The lowest BCUT2D eigenvalue weighted by Crippen LogP contribution is -2.30. The predicted molar refractivity (Wildman–Crippen MR) is 106 cm³/mol. The van der Waals surface area contributed by atoms with Crippen LogP contribution < -0.4 is 15.4 Å². The van der Waals surface area contributed by atoms with E-state index in [1.807, 2.05) is 0 Å². The molecule has 0 aromatic heterocycles. The number of anilines is 1. The summed E-state index contributed by atoms with van der Waals surface area (Å²) in [4.78, 5) is 35.3. The summed E-state index contributed by atoms with van der Waals surface area (Å²) in [5, 5.41) is 5.22. The monoisotopic (exact) mass is 384 g/mol. The zero-order chi connectivity index (χ0) is 20.4. The Morgan fingerprint density at radius 1 is 0.893 bits per heavy atom. The third-order valence-electron chi connectivity index (χ3n) is 3.91. The molecule has 0 saturated carbocycles.